The van der Waals surface area contributed by atoms with Crippen LogP contribution < -0.4 is 0 Å². The molecule has 1 aliphatic rings. The lowest BCUT2D eigenvalue weighted by Gasteiger charge is -2.28. The molecular weight excluding hydrogens is 244 g/mol. The molecule has 0 radical (unpaired) electrons. The van der Waals surface area contributed by atoms with E-state index in [1.165, 1.54) is 12.8 Å². The van der Waals surface area contributed by atoms with Crippen LogP contribution in [0.15, 0.2) is 0 Å². The molecule has 4 nitrogen and oxygen atoms in total. The van der Waals surface area contributed by atoms with Crippen molar-refractivity contribution in [1.82, 2.24) is 0 Å². The van der Waals surface area contributed by atoms with Gasteiger partial charge in [0.1, 0.15) is 5.60 Å². The van der Waals surface area contributed by atoms with Crippen molar-refractivity contribution < 1.29 is 19.0 Å². The van der Waals surface area contributed by atoms with E-state index in [1.54, 1.807) is 0 Å². The molecule has 0 N–H and O–H groups in total. The number of carbonyl (C=O) groups excluding carboxylic acids is 1. The van der Waals surface area contributed by atoms with Crippen molar-refractivity contribution in [2.24, 2.45) is 11.8 Å². The predicted molar refractivity (Wildman–Crippen MR) is 74.1 cm³/mol. The molecule has 0 aromatic rings. The van der Waals surface area contributed by atoms with Crippen LogP contribution in [0.2, 0.25) is 0 Å². The van der Waals surface area contributed by atoms with Crippen LogP contribution in [0.1, 0.15) is 53.4 Å². The number of carbonyl (C=O) groups is 1. The Kier molecular flexibility index (Phi) is 6.63. The van der Waals surface area contributed by atoms with Crippen molar-refractivity contribution in [3.8, 4) is 0 Å². The molecule has 112 valence electrons. The van der Waals surface area contributed by atoms with Crippen LogP contribution in [0.4, 0.5) is 4.79 Å². The highest BCUT2D eigenvalue weighted by Crippen LogP contribution is 2.29. The molecule has 1 saturated carbocycles. The van der Waals surface area contributed by atoms with Gasteiger partial charge in [-0.2, -0.15) is 0 Å². The molecule has 0 heterocycles. The van der Waals surface area contributed by atoms with Crippen molar-refractivity contribution in [1.29, 1.82) is 0 Å². The van der Waals surface area contributed by atoms with E-state index in [2.05, 4.69) is 0 Å². The van der Waals surface area contributed by atoms with Crippen LogP contribution in [0, 0.1) is 11.8 Å². The van der Waals surface area contributed by atoms with E-state index in [0.717, 1.165) is 26.1 Å². The van der Waals surface area contributed by atoms with Gasteiger partial charge < -0.3 is 14.2 Å². The van der Waals surface area contributed by atoms with Gasteiger partial charge in [0.25, 0.3) is 0 Å². The van der Waals surface area contributed by atoms with Gasteiger partial charge in [-0.25, -0.2) is 4.79 Å². The molecule has 0 spiro atoms. The zero-order valence-corrected chi connectivity index (χ0v) is 12.7. The zero-order valence-electron chi connectivity index (χ0n) is 12.7. The predicted octanol–water partition coefficient (Wildman–Crippen LogP) is 3.78. The third-order valence-electron chi connectivity index (χ3n) is 3.35. The Hall–Kier alpha value is -0.770. The molecular formula is C15H28O4. The fourth-order valence-electron chi connectivity index (χ4n) is 2.31. The Morgan fingerprint density at radius 2 is 1.58 bits per heavy atom. The van der Waals surface area contributed by atoms with Crippen LogP contribution in [0.5, 0.6) is 0 Å². The molecule has 0 bridgehead atoms. The first-order chi connectivity index (χ1) is 8.90. The van der Waals surface area contributed by atoms with E-state index in [-0.39, 0.29) is 0 Å². The summed E-state index contributed by atoms with van der Waals surface area (Å²) in [5.74, 6) is 1.16. The lowest BCUT2D eigenvalue weighted by Crippen LogP contribution is -2.27. The average molecular weight is 272 g/mol. The van der Waals surface area contributed by atoms with Gasteiger partial charge in [0.05, 0.1) is 6.61 Å². The van der Waals surface area contributed by atoms with Gasteiger partial charge in [0.2, 0.25) is 0 Å². The van der Waals surface area contributed by atoms with Gasteiger partial charge in [-0.15, -0.1) is 0 Å². The van der Waals surface area contributed by atoms with E-state index in [4.69, 9.17) is 14.2 Å². The van der Waals surface area contributed by atoms with Crippen LogP contribution in [-0.2, 0) is 14.2 Å². The molecule has 4 heteroatoms. The normalized spacial score (nSPS) is 24.0. The summed E-state index contributed by atoms with van der Waals surface area (Å²) >= 11 is 0. The van der Waals surface area contributed by atoms with Crippen molar-refractivity contribution in [2.45, 2.75) is 59.0 Å². The molecule has 0 amide bonds. The van der Waals surface area contributed by atoms with E-state index in [9.17, 15) is 4.79 Å². The summed E-state index contributed by atoms with van der Waals surface area (Å²) in [6.45, 7) is 9.70. The van der Waals surface area contributed by atoms with Gasteiger partial charge in [-0.1, -0.05) is 0 Å². The summed E-state index contributed by atoms with van der Waals surface area (Å²) in [6, 6.07) is 0. The Bertz CT molecular complexity index is 262. The molecule has 0 atom stereocenters. The highest BCUT2D eigenvalue weighted by atomic mass is 16.7. The van der Waals surface area contributed by atoms with Crippen LogP contribution in [-0.4, -0.2) is 31.6 Å². The van der Waals surface area contributed by atoms with E-state index in [0.29, 0.717) is 18.4 Å². The van der Waals surface area contributed by atoms with Crippen molar-refractivity contribution in [2.75, 3.05) is 19.8 Å². The maximum atomic E-state index is 11.4. The summed E-state index contributed by atoms with van der Waals surface area (Å²) in [6.07, 6.45) is 4.01. The second-order valence-electron chi connectivity index (χ2n) is 6.32. The third-order valence-corrected chi connectivity index (χ3v) is 3.35. The summed E-state index contributed by atoms with van der Waals surface area (Å²) < 4.78 is 15.8. The topological polar surface area (TPSA) is 44.8 Å². The van der Waals surface area contributed by atoms with Crippen molar-refractivity contribution in [3.05, 3.63) is 0 Å². The Morgan fingerprint density at radius 1 is 1.05 bits per heavy atom. The fourth-order valence-corrected chi connectivity index (χ4v) is 2.31. The van der Waals surface area contributed by atoms with Gasteiger partial charge in [0, 0.05) is 13.2 Å². The first-order valence-electron chi connectivity index (χ1n) is 7.34. The minimum atomic E-state index is -0.552. The summed E-state index contributed by atoms with van der Waals surface area (Å²) in [4.78, 5) is 11.4. The number of hydrogen-bond donors (Lipinski definition) is 0. The Morgan fingerprint density at radius 3 is 2.05 bits per heavy atom. The quantitative estimate of drug-likeness (QED) is 0.714. The average Bonchev–Trinajstić information content (AvgIpc) is 2.33. The summed E-state index contributed by atoms with van der Waals surface area (Å²) in [5, 5.41) is 0. The molecule has 1 aliphatic carbocycles. The van der Waals surface area contributed by atoms with Crippen molar-refractivity contribution >= 4 is 6.16 Å². The molecule has 0 saturated heterocycles. The second kappa shape index (κ2) is 7.73. The SMILES string of the molecule is CCOCC1CCC(COC(=O)OC(C)(C)C)CC1. The molecule has 0 unspecified atom stereocenters. The first-order valence-corrected chi connectivity index (χ1v) is 7.34. The largest absolute Gasteiger partial charge is 0.508 e. The van der Waals surface area contributed by atoms with Crippen LogP contribution in [0.3, 0.4) is 0 Å². The minimum absolute atomic E-state index is 0.477. The molecule has 1 rings (SSSR count). The van der Waals surface area contributed by atoms with Gasteiger partial charge in [0.15, 0.2) is 0 Å². The smallest absolute Gasteiger partial charge is 0.434 e. The van der Waals surface area contributed by atoms with Crippen molar-refractivity contribution in [3.63, 3.8) is 0 Å². The Balaban J connectivity index is 2.14. The molecule has 0 aromatic carbocycles. The molecule has 1 fully saturated rings. The number of hydrogen-bond acceptors (Lipinski definition) is 4. The fraction of sp³-hybridized carbons (Fsp3) is 0.933. The monoisotopic (exact) mass is 272 g/mol. The molecule has 0 aromatic heterocycles. The van der Waals surface area contributed by atoms with Gasteiger partial charge in [-0.05, 0) is 65.2 Å². The van der Waals surface area contributed by atoms with Crippen LogP contribution in [0.25, 0.3) is 0 Å². The van der Waals surface area contributed by atoms with Crippen LogP contribution >= 0.6 is 0 Å². The van der Waals surface area contributed by atoms with Gasteiger partial charge in [-0.3, -0.25) is 0 Å². The highest BCUT2D eigenvalue weighted by molar-refractivity contribution is 5.60. The van der Waals surface area contributed by atoms with E-state index >= 15 is 0 Å². The van der Waals surface area contributed by atoms with Gasteiger partial charge >= 0.3 is 6.16 Å². The standard InChI is InChI=1S/C15H28O4/c1-5-17-10-12-6-8-13(9-7-12)11-18-14(16)19-15(2,3)4/h12-13H,5-11H2,1-4H3. The first kappa shape index (κ1) is 16.3. The maximum Gasteiger partial charge on any atom is 0.508 e. The highest BCUT2D eigenvalue weighted by Gasteiger charge is 2.23. The zero-order chi connectivity index (χ0) is 14.3. The summed E-state index contributed by atoms with van der Waals surface area (Å²) in [5.41, 5.74) is -0.480. The minimum Gasteiger partial charge on any atom is -0.434 e. The Labute approximate surface area is 116 Å². The number of rotatable bonds is 5. The third kappa shape index (κ3) is 7.41. The molecule has 0 aliphatic heterocycles. The summed E-state index contributed by atoms with van der Waals surface area (Å²) in [7, 11) is 0. The lowest BCUT2D eigenvalue weighted by atomic mass is 9.83. The second-order valence-corrected chi connectivity index (χ2v) is 6.32. The van der Waals surface area contributed by atoms with E-state index < -0.39 is 11.8 Å². The van der Waals surface area contributed by atoms with E-state index in [1.807, 2.05) is 27.7 Å². The maximum absolute atomic E-state index is 11.4. The lowest BCUT2D eigenvalue weighted by molar-refractivity contribution is -0.0174. The number of ether oxygens (including phenoxy) is 3. The molecule has 19 heavy (non-hydrogen) atoms.